The van der Waals surface area contributed by atoms with E-state index in [-0.39, 0.29) is 18.4 Å². The second-order valence-corrected chi connectivity index (χ2v) is 7.69. The van der Waals surface area contributed by atoms with Crippen molar-refractivity contribution in [3.8, 4) is 22.8 Å². The van der Waals surface area contributed by atoms with Crippen LogP contribution in [0.4, 0.5) is 0 Å². The standard InChI is InChI=1S/C22H19N3O3S/c26-21(23-11-17-13-27-19-8-4-5-9-20(19)28-17)10-16-14-29-22-24-18(12-25(16)22)15-6-2-1-3-7-15/h1-9,12,14,17H,10-11,13H2,(H,23,26). The van der Waals surface area contributed by atoms with Crippen molar-refractivity contribution in [2.75, 3.05) is 13.2 Å². The van der Waals surface area contributed by atoms with Gasteiger partial charge in [-0.25, -0.2) is 4.98 Å². The first kappa shape index (κ1) is 17.8. The highest BCUT2D eigenvalue weighted by Crippen LogP contribution is 2.30. The summed E-state index contributed by atoms with van der Waals surface area (Å²) in [5, 5.41) is 4.93. The van der Waals surface area contributed by atoms with Crippen molar-refractivity contribution in [3.63, 3.8) is 0 Å². The molecule has 4 aromatic rings. The summed E-state index contributed by atoms with van der Waals surface area (Å²) in [5.41, 5.74) is 2.89. The zero-order valence-corrected chi connectivity index (χ0v) is 16.4. The first-order chi connectivity index (χ1) is 14.3. The third-order valence-corrected chi connectivity index (χ3v) is 5.68. The van der Waals surface area contributed by atoms with Gasteiger partial charge in [-0.2, -0.15) is 0 Å². The number of amides is 1. The third kappa shape index (κ3) is 3.69. The Morgan fingerprint density at radius 1 is 1.14 bits per heavy atom. The smallest absolute Gasteiger partial charge is 0.226 e. The van der Waals surface area contributed by atoms with Gasteiger partial charge >= 0.3 is 0 Å². The number of ether oxygens (including phenoxy) is 2. The molecular weight excluding hydrogens is 386 g/mol. The van der Waals surface area contributed by atoms with Crippen LogP contribution in [-0.4, -0.2) is 34.5 Å². The Hall–Kier alpha value is -3.32. The maximum absolute atomic E-state index is 12.5. The molecular formula is C22H19N3O3S. The Balaban J connectivity index is 1.22. The highest BCUT2D eigenvalue weighted by Gasteiger charge is 2.21. The Morgan fingerprint density at radius 2 is 1.93 bits per heavy atom. The predicted molar refractivity (Wildman–Crippen MR) is 112 cm³/mol. The molecule has 29 heavy (non-hydrogen) atoms. The molecule has 0 spiro atoms. The van der Waals surface area contributed by atoms with Gasteiger partial charge in [0.25, 0.3) is 0 Å². The highest BCUT2D eigenvalue weighted by molar-refractivity contribution is 7.15. The van der Waals surface area contributed by atoms with Gasteiger partial charge < -0.3 is 14.8 Å². The fourth-order valence-electron chi connectivity index (χ4n) is 3.32. The molecule has 0 saturated carbocycles. The van der Waals surface area contributed by atoms with Gasteiger partial charge in [-0.05, 0) is 12.1 Å². The number of para-hydroxylation sites is 2. The van der Waals surface area contributed by atoms with Crippen LogP contribution in [0.25, 0.3) is 16.2 Å². The molecule has 1 aliphatic rings. The normalized spacial score (nSPS) is 15.4. The van der Waals surface area contributed by atoms with Crippen molar-refractivity contribution in [1.82, 2.24) is 14.7 Å². The van der Waals surface area contributed by atoms with Crippen LogP contribution in [0.2, 0.25) is 0 Å². The molecule has 7 heteroatoms. The number of rotatable bonds is 5. The van der Waals surface area contributed by atoms with Crippen LogP contribution in [0.3, 0.4) is 0 Å². The molecule has 1 atom stereocenters. The van der Waals surface area contributed by atoms with E-state index in [0.29, 0.717) is 18.9 Å². The van der Waals surface area contributed by atoms with Crippen molar-refractivity contribution in [2.45, 2.75) is 12.5 Å². The summed E-state index contributed by atoms with van der Waals surface area (Å²) >= 11 is 1.54. The monoisotopic (exact) mass is 405 g/mol. The van der Waals surface area contributed by atoms with Gasteiger partial charge in [0.1, 0.15) is 12.7 Å². The largest absolute Gasteiger partial charge is 0.486 e. The van der Waals surface area contributed by atoms with E-state index in [4.69, 9.17) is 9.47 Å². The molecule has 1 N–H and O–H groups in total. The minimum atomic E-state index is -0.200. The van der Waals surface area contributed by atoms with E-state index < -0.39 is 0 Å². The number of imidazole rings is 1. The summed E-state index contributed by atoms with van der Waals surface area (Å²) < 4.78 is 13.6. The van der Waals surface area contributed by atoms with Crippen LogP contribution in [0, 0.1) is 0 Å². The lowest BCUT2D eigenvalue weighted by Crippen LogP contribution is -2.41. The highest BCUT2D eigenvalue weighted by atomic mass is 32.1. The van der Waals surface area contributed by atoms with Crippen molar-refractivity contribution in [3.05, 3.63) is 71.9 Å². The average Bonchev–Trinajstić information content (AvgIpc) is 3.35. The van der Waals surface area contributed by atoms with Crippen LogP contribution in [0.1, 0.15) is 5.69 Å². The zero-order valence-electron chi connectivity index (χ0n) is 15.6. The van der Waals surface area contributed by atoms with Crippen molar-refractivity contribution in [2.24, 2.45) is 0 Å². The van der Waals surface area contributed by atoms with Crippen molar-refractivity contribution >= 4 is 22.2 Å². The fraction of sp³-hybridized carbons (Fsp3) is 0.182. The van der Waals surface area contributed by atoms with E-state index >= 15 is 0 Å². The molecule has 0 aliphatic carbocycles. The number of aromatic nitrogens is 2. The van der Waals surface area contributed by atoms with E-state index in [1.54, 1.807) is 0 Å². The lowest BCUT2D eigenvalue weighted by atomic mass is 10.2. The predicted octanol–water partition coefficient (Wildman–Crippen LogP) is 3.56. The molecule has 1 unspecified atom stereocenters. The number of carbonyl (C=O) groups is 1. The Kier molecular flexibility index (Phi) is 4.65. The number of fused-ring (bicyclic) bond motifs is 2. The first-order valence-corrected chi connectivity index (χ1v) is 10.3. The number of hydrogen-bond donors (Lipinski definition) is 1. The second kappa shape index (κ2) is 7.60. The lowest BCUT2D eigenvalue weighted by Gasteiger charge is -2.26. The molecule has 2 aromatic heterocycles. The molecule has 1 amide bonds. The van der Waals surface area contributed by atoms with Crippen LogP contribution in [0.15, 0.2) is 66.2 Å². The first-order valence-electron chi connectivity index (χ1n) is 9.42. The number of benzene rings is 2. The van der Waals surface area contributed by atoms with Crippen LogP contribution in [-0.2, 0) is 11.2 Å². The Bertz CT molecular complexity index is 1150. The molecule has 2 aromatic carbocycles. The van der Waals surface area contributed by atoms with Gasteiger partial charge in [-0.1, -0.05) is 42.5 Å². The number of hydrogen-bond acceptors (Lipinski definition) is 5. The van der Waals surface area contributed by atoms with Crippen LogP contribution < -0.4 is 14.8 Å². The zero-order chi connectivity index (χ0) is 19.6. The fourth-order valence-corrected chi connectivity index (χ4v) is 4.20. The van der Waals surface area contributed by atoms with Gasteiger partial charge in [0.2, 0.25) is 5.91 Å². The molecule has 0 fully saturated rings. The van der Waals surface area contributed by atoms with Gasteiger partial charge in [-0.15, -0.1) is 11.3 Å². The summed E-state index contributed by atoms with van der Waals surface area (Å²) in [5.74, 6) is 1.40. The average molecular weight is 405 g/mol. The topological polar surface area (TPSA) is 64.9 Å². The third-order valence-electron chi connectivity index (χ3n) is 4.79. The molecule has 0 radical (unpaired) electrons. The molecule has 1 aliphatic heterocycles. The Labute approximate surface area is 171 Å². The molecule has 6 nitrogen and oxygen atoms in total. The minimum Gasteiger partial charge on any atom is -0.486 e. The van der Waals surface area contributed by atoms with Crippen LogP contribution in [0.5, 0.6) is 11.5 Å². The van der Waals surface area contributed by atoms with E-state index in [2.05, 4.69) is 10.3 Å². The van der Waals surface area contributed by atoms with Crippen molar-refractivity contribution in [1.29, 1.82) is 0 Å². The maximum atomic E-state index is 12.5. The summed E-state index contributed by atoms with van der Waals surface area (Å²) in [6, 6.07) is 17.6. The van der Waals surface area contributed by atoms with E-state index in [1.807, 2.05) is 70.6 Å². The molecule has 5 rings (SSSR count). The van der Waals surface area contributed by atoms with Gasteiger partial charge in [-0.3, -0.25) is 9.20 Å². The van der Waals surface area contributed by atoms with E-state index in [9.17, 15) is 4.79 Å². The van der Waals surface area contributed by atoms with Gasteiger partial charge in [0.05, 0.1) is 18.7 Å². The number of nitrogens with one attached hydrogen (secondary N) is 1. The number of nitrogens with zero attached hydrogens (tertiary/aromatic N) is 2. The summed E-state index contributed by atoms with van der Waals surface area (Å²) in [6.45, 7) is 0.821. The second-order valence-electron chi connectivity index (χ2n) is 6.85. The quantitative estimate of drug-likeness (QED) is 0.551. The summed E-state index contributed by atoms with van der Waals surface area (Å²) in [4.78, 5) is 18.0. The van der Waals surface area contributed by atoms with E-state index in [0.717, 1.165) is 27.7 Å². The van der Waals surface area contributed by atoms with Gasteiger partial charge in [0, 0.05) is 22.8 Å². The molecule has 146 valence electrons. The van der Waals surface area contributed by atoms with Crippen molar-refractivity contribution < 1.29 is 14.3 Å². The van der Waals surface area contributed by atoms with Gasteiger partial charge in [0.15, 0.2) is 16.5 Å². The lowest BCUT2D eigenvalue weighted by molar-refractivity contribution is -0.121. The van der Waals surface area contributed by atoms with E-state index in [1.165, 1.54) is 11.3 Å². The summed E-state index contributed by atoms with van der Waals surface area (Å²) in [6.07, 6.45) is 2.07. The summed E-state index contributed by atoms with van der Waals surface area (Å²) in [7, 11) is 0. The van der Waals surface area contributed by atoms with Crippen LogP contribution >= 0.6 is 11.3 Å². The Morgan fingerprint density at radius 3 is 2.79 bits per heavy atom. The molecule has 0 bridgehead atoms. The molecule has 3 heterocycles. The number of thiazole rings is 1. The SMILES string of the molecule is O=C(Cc1csc2nc(-c3ccccc3)cn12)NCC1COc2ccccc2O1. The maximum Gasteiger partial charge on any atom is 0.226 e. The number of carbonyl (C=O) groups excluding carboxylic acids is 1. The minimum absolute atomic E-state index is 0.0536. The molecule has 0 saturated heterocycles.